The van der Waals surface area contributed by atoms with Gasteiger partial charge in [0.25, 0.3) is 0 Å². The van der Waals surface area contributed by atoms with Gasteiger partial charge in [0.1, 0.15) is 5.82 Å². The first-order valence-corrected chi connectivity index (χ1v) is 7.71. The number of rotatable bonds is 11. The Morgan fingerprint density at radius 1 is 0.850 bits per heavy atom. The number of primary amides is 1. The van der Waals surface area contributed by atoms with Crippen LogP contribution in [0.15, 0.2) is 24.3 Å². The summed E-state index contributed by atoms with van der Waals surface area (Å²) in [5, 5.41) is 0. The smallest absolute Gasteiger partial charge is 0.217 e. The average molecular weight is 279 g/mol. The highest BCUT2D eigenvalue weighted by Gasteiger charge is 1.97. The largest absolute Gasteiger partial charge is 0.370 e. The number of unbranched alkanes of at least 4 members (excludes halogenated alkanes) is 7. The van der Waals surface area contributed by atoms with E-state index < -0.39 is 0 Å². The van der Waals surface area contributed by atoms with Crippen LogP contribution in [0.3, 0.4) is 0 Å². The van der Waals surface area contributed by atoms with Gasteiger partial charge in [0, 0.05) is 6.42 Å². The molecule has 20 heavy (non-hydrogen) atoms. The van der Waals surface area contributed by atoms with Crippen LogP contribution in [0.4, 0.5) is 4.39 Å². The molecule has 3 heteroatoms. The molecule has 0 aromatic heterocycles. The first-order chi connectivity index (χ1) is 9.68. The van der Waals surface area contributed by atoms with Crippen LogP contribution in [0.2, 0.25) is 0 Å². The Bertz CT molecular complexity index is 375. The molecule has 0 aliphatic heterocycles. The van der Waals surface area contributed by atoms with Gasteiger partial charge in [-0.1, -0.05) is 50.7 Å². The standard InChI is InChI=1S/C17H26FNO/c18-16-13-11-15(12-14-16)9-7-5-3-1-2-4-6-8-10-17(19)20/h11-14H,1-10H2,(H2,19,20). The molecule has 1 rings (SSSR count). The van der Waals surface area contributed by atoms with Crippen LogP contribution in [0.5, 0.6) is 0 Å². The minimum atomic E-state index is -0.189. The van der Waals surface area contributed by atoms with E-state index in [1.807, 2.05) is 12.1 Å². The molecule has 112 valence electrons. The Morgan fingerprint density at radius 2 is 1.35 bits per heavy atom. The van der Waals surface area contributed by atoms with Gasteiger partial charge in [-0.3, -0.25) is 4.79 Å². The lowest BCUT2D eigenvalue weighted by Gasteiger charge is -2.03. The number of amides is 1. The van der Waals surface area contributed by atoms with Gasteiger partial charge in [-0.2, -0.15) is 0 Å². The number of halogens is 1. The summed E-state index contributed by atoms with van der Waals surface area (Å²) < 4.78 is 12.7. The summed E-state index contributed by atoms with van der Waals surface area (Å²) in [6, 6.07) is 6.80. The van der Waals surface area contributed by atoms with Crippen molar-refractivity contribution in [3.8, 4) is 0 Å². The van der Waals surface area contributed by atoms with Crippen molar-refractivity contribution in [1.29, 1.82) is 0 Å². The Balaban J connectivity index is 1.87. The van der Waals surface area contributed by atoms with Crippen molar-refractivity contribution >= 4 is 5.91 Å². The molecule has 0 radical (unpaired) electrons. The lowest BCUT2D eigenvalue weighted by atomic mass is 10.0. The fourth-order valence-corrected chi connectivity index (χ4v) is 2.34. The first-order valence-electron chi connectivity index (χ1n) is 7.71. The van der Waals surface area contributed by atoms with Crippen molar-refractivity contribution in [1.82, 2.24) is 0 Å². The highest BCUT2D eigenvalue weighted by molar-refractivity contribution is 5.73. The number of carbonyl (C=O) groups is 1. The molecule has 0 saturated carbocycles. The maximum absolute atomic E-state index is 12.7. The molecule has 0 spiro atoms. The molecular weight excluding hydrogens is 253 g/mol. The van der Waals surface area contributed by atoms with E-state index >= 15 is 0 Å². The summed E-state index contributed by atoms with van der Waals surface area (Å²) in [6.07, 6.45) is 11.0. The van der Waals surface area contributed by atoms with Gasteiger partial charge in [-0.05, 0) is 37.0 Å². The fraction of sp³-hybridized carbons (Fsp3) is 0.588. The second-order valence-electron chi connectivity index (χ2n) is 5.42. The first kappa shape index (κ1) is 16.7. The molecule has 0 atom stereocenters. The summed E-state index contributed by atoms with van der Waals surface area (Å²) in [6.45, 7) is 0. The summed E-state index contributed by atoms with van der Waals surface area (Å²) in [7, 11) is 0. The zero-order chi connectivity index (χ0) is 14.6. The minimum absolute atomic E-state index is 0.162. The van der Waals surface area contributed by atoms with E-state index in [9.17, 15) is 9.18 Å². The molecule has 2 N–H and O–H groups in total. The summed E-state index contributed by atoms with van der Waals surface area (Å²) >= 11 is 0. The molecule has 0 unspecified atom stereocenters. The van der Waals surface area contributed by atoms with Gasteiger partial charge in [0.2, 0.25) is 5.91 Å². The van der Waals surface area contributed by atoms with Crippen molar-refractivity contribution in [2.24, 2.45) is 5.73 Å². The van der Waals surface area contributed by atoms with E-state index in [1.165, 1.54) is 56.2 Å². The Kier molecular flexibility index (Phi) is 8.68. The summed E-state index contributed by atoms with van der Waals surface area (Å²) in [5.41, 5.74) is 6.30. The molecule has 2 nitrogen and oxygen atoms in total. The molecule has 0 aliphatic rings. The molecule has 0 aliphatic carbocycles. The van der Waals surface area contributed by atoms with Crippen LogP contribution in [0.1, 0.15) is 63.4 Å². The van der Waals surface area contributed by atoms with Crippen LogP contribution < -0.4 is 5.73 Å². The lowest BCUT2D eigenvalue weighted by Crippen LogP contribution is -2.09. The molecule has 0 saturated heterocycles. The third-order valence-electron chi connectivity index (χ3n) is 3.55. The number of aryl methyl sites for hydroxylation is 1. The predicted octanol–water partition coefficient (Wildman–Crippen LogP) is 4.36. The molecule has 1 aromatic carbocycles. The van der Waals surface area contributed by atoms with E-state index in [2.05, 4.69) is 0 Å². The molecule has 0 bridgehead atoms. The number of hydrogen-bond acceptors (Lipinski definition) is 1. The van der Waals surface area contributed by atoms with E-state index in [4.69, 9.17) is 5.73 Å². The van der Waals surface area contributed by atoms with Gasteiger partial charge in [-0.25, -0.2) is 4.39 Å². The maximum atomic E-state index is 12.7. The zero-order valence-electron chi connectivity index (χ0n) is 12.2. The number of nitrogens with two attached hydrogens (primary N) is 1. The maximum Gasteiger partial charge on any atom is 0.217 e. The van der Waals surface area contributed by atoms with Gasteiger partial charge in [-0.15, -0.1) is 0 Å². The van der Waals surface area contributed by atoms with Crippen LogP contribution in [-0.4, -0.2) is 5.91 Å². The topological polar surface area (TPSA) is 43.1 Å². The summed E-state index contributed by atoms with van der Waals surface area (Å²) in [5.74, 6) is -0.351. The van der Waals surface area contributed by atoms with Gasteiger partial charge >= 0.3 is 0 Å². The third kappa shape index (κ3) is 8.68. The van der Waals surface area contributed by atoms with E-state index in [1.54, 1.807) is 0 Å². The zero-order valence-corrected chi connectivity index (χ0v) is 12.2. The fourth-order valence-electron chi connectivity index (χ4n) is 2.34. The lowest BCUT2D eigenvalue weighted by molar-refractivity contribution is -0.118. The van der Waals surface area contributed by atoms with Crippen molar-refractivity contribution in [3.63, 3.8) is 0 Å². The normalized spacial score (nSPS) is 10.7. The Hall–Kier alpha value is -1.38. The van der Waals surface area contributed by atoms with Crippen LogP contribution in [0, 0.1) is 5.82 Å². The van der Waals surface area contributed by atoms with Crippen LogP contribution in [0.25, 0.3) is 0 Å². The van der Waals surface area contributed by atoms with Crippen LogP contribution in [-0.2, 0) is 11.2 Å². The second-order valence-corrected chi connectivity index (χ2v) is 5.42. The molecule has 1 aromatic rings. The second kappa shape index (κ2) is 10.4. The van der Waals surface area contributed by atoms with Crippen molar-refractivity contribution in [3.05, 3.63) is 35.6 Å². The predicted molar refractivity (Wildman–Crippen MR) is 80.9 cm³/mol. The third-order valence-corrected chi connectivity index (χ3v) is 3.55. The number of carbonyl (C=O) groups excluding carboxylic acids is 1. The molecular formula is C17H26FNO. The quantitative estimate of drug-likeness (QED) is 0.601. The van der Waals surface area contributed by atoms with Crippen molar-refractivity contribution in [2.75, 3.05) is 0 Å². The Labute approximate surface area is 121 Å². The molecule has 1 amide bonds. The molecule has 0 fully saturated rings. The van der Waals surface area contributed by atoms with Gasteiger partial charge in [0.15, 0.2) is 0 Å². The monoisotopic (exact) mass is 279 g/mol. The van der Waals surface area contributed by atoms with Crippen molar-refractivity contribution < 1.29 is 9.18 Å². The van der Waals surface area contributed by atoms with Crippen molar-refractivity contribution in [2.45, 2.75) is 64.2 Å². The minimum Gasteiger partial charge on any atom is -0.370 e. The molecule has 0 heterocycles. The van der Waals surface area contributed by atoms with E-state index in [0.717, 1.165) is 19.3 Å². The number of hydrogen-bond donors (Lipinski definition) is 1. The average Bonchev–Trinajstić information content (AvgIpc) is 2.42. The van der Waals surface area contributed by atoms with Gasteiger partial charge in [0.05, 0.1) is 0 Å². The highest BCUT2D eigenvalue weighted by Crippen LogP contribution is 2.12. The van der Waals surface area contributed by atoms with Gasteiger partial charge < -0.3 is 5.73 Å². The highest BCUT2D eigenvalue weighted by atomic mass is 19.1. The summed E-state index contributed by atoms with van der Waals surface area (Å²) in [4.78, 5) is 10.5. The Morgan fingerprint density at radius 3 is 1.90 bits per heavy atom. The number of benzene rings is 1. The SMILES string of the molecule is NC(=O)CCCCCCCCCCc1ccc(F)cc1. The van der Waals surface area contributed by atoms with Crippen LogP contribution >= 0.6 is 0 Å². The van der Waals surface area contributed by atoms with E-state index in [-0.39, 0.29) is 11.7 Å². The van der Waals surface area contributed by atoms with E-state index in [0.29, 0.717) is 6.42 Å².